The smallest absolute Gasteiger partial charge is 0.142 e. The van der Waals surface area contributed by atoms with Crippen LogP contribution < -0.4 is 10.5 Å². The largest absolute Gasteiger partial charge is 0.495 e. The molecule has 3 rings (SSSR count). The number of methoxy groups -OCH3 is 1. The van der Waals surface area contributed by atoms with Crippen molar-refractivity contribution in [2.24, 2.45) is 0 Å². The molecule has 0 radical (unpaired) electrons. The maximum absolute atomic E-state index is 5.90. The second-order valence-electron chi connectivity index (χ2n) is 6.50. The standard InChI is InChI=1S/C17H27N3O/c1-19-8-7-15(19)12-20-9-5-13(6-10-20)14-3-4-16(18)17(11-14)21-2/h3-4,11,13,15H,5-10,12,18H2,1-2H3. The number of likely N-dealkylation sites (N-methyl/N-ethyl adjacent to an activating group) is 1. The number of hydrogen-bond donors (Lipinski definition) is 1. The van der Waals surface area contributed by atoms with E-state index in [1.807, 2.05) is 6.07 Å². The van der Waals surface area contributed by atoms with Crippen molar-refractivity contribution in [3.05, 3.63) is 23.8 Å². The third kappa shape index (κ3) is 3.16. The van der Waals surface area contributed by atoms with Gasteiger partial charge in [0.05, 0.1) is 12.8 Å². The first-order valence-corrected chi connectivity index (χ1v) is 8.03. The van der Waals surface area contributed by atoms with Crippen molar-refractivity contribution in [1.29, 1.82) is 0 Å². The Morgan fingerprint density at radius 3 is 2.52 bits per heavy atom. The van der Waals surface area contributed by atoms with Crippen LogP contribution in [0, 0.1) is 0 Å². The predicted octanol–water partition coefficient (Wildman–Crippen LogP) is 2.16. The lowest BCUT2D eigenvalue weighted by molar-refractivity contribution is 0.0719. The van der Waals surface area contributed by atoms with Crippen LogP contribution in [0.3, 0.4) is 0 Å². The fourth-order valence-electron chi connectivity index (χ4n) is 3.53. The van der Waals surface area contributed by atoms with Gasteiger partial charge < -0.3 is 20.3 Å². The van der Waals surface area contributed by atoms with Crippen molar-refractivity contribution >= 4 is 5.69 Å². The van der Waals surface area contributed by atoms with Crippen molar-refractivity contribution < 1.29 is 4.74 Å². The van der Waals surface area contributed by atoms with Gasteiger partial charge in [0.25, 0.3) is 0 Å². The van der Waals surface area contributed by atoms with Crippen LogP contribution in [0.4, 0.5) is 5.69 Å². The molecular weight excluding hydrogens is 262 g/mol. The predicted molar refractivity (Wildman–Crippen MR) is 86.9 cm³/mol. The highest BCUT2D eigenvalue weighted by atomic mass is 16.5. The number of anilines is 1. The van der Waals surface area contributed by atoms with E-state index in [4.69, 9.17) is 10.5 Å². The van der Waals surface area contributed by atoms with E-state index in [0.29, 0.717) is 5.92 Å². The molecule has 1 aromatic rings. The summed E-state index contributed by atoms with van der Waals surface area (Å²) >= 11 is 0. The van der Waals surface area contributed by atoms with E-state index in [0.717, 1.165) is 17.5 Å². The lowest BCUT2D eigenvalue weighted by Gasteiger charge is -2.42. The zero-order chi connectivity index (χ0) is 14.8. The summed E-state index contributed by atoms with van der Waals surface area (Å²) in [7, 11) is 3.93. The summed E-state index contributed by atoms with van der Waals surface area (Å²) in [6.07, 6.45) is 3.85. The Morgan fingerprint density at radius 1 is 1.19 bits per heavy atom. The number of likely N-dealkylation sites (tertiary alicyclic amines) is 2. The number of ether oxygens (including phenoxy) is 1. The van der Waals surface area contributed by atoms with Crippen LogP contribution in [0.15, 0.2) is 18.2 Å². The second-order valence-corrected chi connectivity index (χ2v) is 6.50. The molecule has 4 nitrogen and oxygen atoms in total. The number of rotatable bonds is 4. The fraction of sp³-hybridized carbons (Fsp3) is 0.647. The molecule has 4 heteroatoms. The molecule has 0 bridgehead atoms. The van der Waals surface area contributed by atoms with Gasteiger partial charge in [0.2, 0.25) is 0 Å². The lowest BCUT2D eigenvalue weighted by atomic mass is 9.88. The third-order valence-corrected chi connectivity index (χ3v) is 5.22. The average Bonchev–Trinajstić information content (AvgIpc) is 2.52. The van der Waals surface area contributed by atoms with Crippen molar-refractivity contribution in [3.63, 3.8) is 0 Å². The third-order valence-electron chi connectivity index (χ3n) is 5.22. The lowest BCUT2D eigenvalue weighted by Crippen LogP contribution is -2.52. The average molecular weight is 289 g/mol. The van der Waals surface area contributed by atoms with E-state index in [1.165, 1.54) is 51.0 Å². The van der Waals surface area contributed by atoms with E-state index in [2.05, 4.69) is 29.0 Å². The minimum Gasteiger partial charge on any atom is -0.495 e. The van der Waals surface area contributed by atoms with E-state index in [-0.39, 0.29) is 0 Å². The summed E-state index contributed by atoms with van der Waals surface area (Å²) in [4.78, 5) is 5.10. The van der Waals surface area contributed by atoms with Crippen LogP contribution in [0.5, 0.6) is 5.75 Å². The van der Waals surface area contributed by atoms with Gasteiger partial charge in [-0.2, -0.15) is 0 Å². The minimum atomic E-state index is 0.648. The van der Waals surface area contributed by atoms with Crippen molar-refractivity contribution in [1.82, 2.24) is 9.80 Å². The monoisotopic (exact) mass is 289 g/mol. The quantitative estimate of drug-likeness (QED) is 0.863. The van der Waals surface area contributed by atoms with Gasteiger partial charge in [-0.05, 0) is 69.6 Å². The Hall–Kier alpha value is -1.26. The number of nitrogens with two attached hydrogens (primary N) is 1. The molecule has 0 aliphatic carbocycles. The molecule has 0 aromatic heterocycles. The molecule has 2 fully saturated rings. The first-order chi connectivity index (χ1) is 10.2. The first-order valence-electron chi connectivity index (χ1n) is 8.03. The van der Waals surface area contributed by atoms with Crippen LogP contribution >= 0.6 is 0 Å². The van der Waals surface area contributed by atoms with Gasteiger partial charge in [-0.3, -0.25) is 0 Å². The second kappa shape index (κ2) is 6.24. The topological polar surface area (TPSA) is 41.7 Å². The summed E-state index contributed by atoms with van der Waals surface area (Å²) in [6, 6.07) is 7.05. The van der Waals surface area contributed by atoms with Gasteiger partial charge in [-0.15, -0.1) is 0 Å². The molecule has 116 valence electrons. The Balaban J connectivity index is 1.55. The highest BCUT2D eigenvalue weighted by Crippen LogP contribution is 2.33. The minimum absolute atomic E-state index is 0.648. The molecule has 2 N–H and O–H groups in total. The number of nitrogen functional groups attached to an aromatic ring is 1. The van der Waals surface area contributed by atoms with Gasteiger partial charge in [0, 0.05) is 12.6 Å². The SMILES string of the molecule is COc1cc(C2CCN(CC3CCN3C)CC2)ccc1N. The van der Waals surface area contributed by atoms with Crippen LogP contribution in [0.1, 0.15) is 30.7 Å². The maximum Gasteiger partial charge on any atom is 0.142 e. The Bertz CT molecular complexity index is 483. The fourth-order valence-corrected chi connectivity index (χ4v) is 3.53. The van der Waals surface area contributed by atoms with Gasteiger partial charge in [-0.1, -0.05) is 6.07 Å². The van der Waals surface area contributed by atoms with E-state index < -0.39 is 0 Å². The summed E-state index contributed by atoms with van der Waals surface area (Å²) in [5.74, 6) is 1.46. The molecule has 2 aliphatic heterocycles. The van der Waals surface area contributed by atoms with Crippen LogP contribution in [0.2, 0.25) is 0 Å². The number of benzene rings is 1. The Kier molecular flexibility index (Phi) is 4.36. The number of nitrogens with zero attached hydrogens (tertiary/aromatic N) is 2. The first kappa shape index (κ1) is 14.7. The molecule has 0 spiro atoms. The molecule has 1 aromatic carbocycles. The molecule has 21 heavy (non-hydrogen) atoms. The Morgan fingerprint density at radius 2 is 1.95 bits per heavy atom. The maximum atomic E-state index is 5.90. The molecule has 0 saturated carbocycles. The zero-order valence-corrected chi connectivity index (χ0v) is 13.2. The normalized spacial score (nSPS) is 24.8. The van der Waals surface area contributed by atoms with Crippen LogP contribution in [-0.2, 0) is 0 Å². The molecular formula is C17H27N3O. The van der Waals surface area contributed by atoms with Gasteiger partial charge >= 0.3 is 0 Å². The van der Waals surface area contributed by atoms with Crippen LogP contribution in [-0.4, -0.2) is 56.2 Å². The van der Waals surface area contributed by atoms with Gasteiger partial charge in [0.1, 0.15) is 5.75 Å². The van der Waals surface area contributed by atoms with Gasteiger partial charge in [-0.25, -0.2) is 0 Å². The molecule has 1 unspecified atom stereocenters. The van der Waals surface area contributed by atoms with E-state index in [9.17, 15) is 0 Å². The number of piperidine rings is 1. The molecule has 1 atom stereocenters. The van der Waals surface area contributed by atoms with E-state index in [1.54, 1.807) is 7.11 Å². The summed E-state index contributed by atoms with van der Waals surface area (Å²) in [6.45, 7) is 4.93. The molecule has 2 heterocycles. The number of hydrogen-bond acceptors (Lipinski definition) is 4. The van der Waals surface area contributed by atoms with Crippen molar-refractivity contribution in [3.8, 4) is 5.75 Å². The van der Waals surface area contributed by atoms with E-state index >= 15 is 0 Å². The highest BCUT2D eigenvalue weighted by Gasteiger charge is 2.28. The van der Waals surface area contributed by atoms with Crippen LogP contribution in [0.25, 0.3) is 0 Å². The zero-order valence-electron chi connectivity index (χ0n) is 13.2. The van der Waals surface area contributed by atoms with Crippen molar-refractivity contribution in [2.45, 2.75) is 31.2 Å². The highest BCUT2D eigenvalue weighted by molar-refractivity contribution is 5.54. The summed E-state index contributed by atoms with van der Waals surface area (Å²) < 4.78 is 5.34. The van der Waals surface area contributed by atoms with Gasteiger partial charge in [0.15, 0.2) is 0 Å². The summed E-state index contributed by atoms with van der Waals surface area (Å²) in [5.41, 5.74) is 8.01. The summed E-state index contributed by atoms with van der Waals surface area (Å²) in [5, 5.41) is 0. The molecule has 2 aliphatic rings. The van der Waals surface area contributed by atoms with Crippen molar-refractivity contribution in [2.75, 3.05) is 46.1 Å². The Labute approximate surface area is 127 Å². The molecule has 2 saturated heterocycles. The molecule has 0 amide bonds.